The summed E-state index contributed by atoms with van der Waals surface area (Å²) >= 11 is -2.49. The Bertz CT molecular complexity index is 468. The van der Waals surface area contributed by atoms with E-state index >= 15 is 0 Å². The predicted molar refractivity (Wildman–Crippen MR) is 97.1 cm³/mol. The summed E-state index contributed by atoms with van der Waals surface area (Å²) in [7, 11) is 0. The van der Waals surface area contributed by atoms with Crippen LogP contribution in [0.1, 0.15) is 20.3 Å². The molecule has 0 nitrogen and oxygen atoms in total. The fourth-order valence-corrected chi connectivity index (χ4v) is 95.3. The molecule has 0 bridgehead atoms. The zero-order valence-corrected chi connectivity index (χ0v) is 19.2. The second kappa shape index (κ2) is 6.18. The Kier molecular flexibility index (Phi) is 5.66. The van der Waals surface area contributed by atoms with Crippen LogP contribution in [-0.2, 0) is 18.6 Å². The van der Waals surface area contributed by atoms with Crippen molar-refractivity contribution in [1.82, 2.24) is 0 Å². The van der Waals surface area contributed by atoms with Crippen LogP contribution in [0.15, 0.2) is 43.0 Å². The van der Waals surface area contributed by atoms with E-state index in [-0.39, 0.29) is 0 Å². The molecular formula is C17H32Si2Zr. The third-order valence-corrected chi connectivity index (χ3v) is 82.0. The van der Waals surface area contributed by atoms with E-state index in [2.05, 4.69) is 81.7 Å². The van der Waals surface area contributed by atoms with Gasteiger partial charge in [0.15, 0.2) is 0 Å². The molecule has 0 aromatic heterocycles. The fourth-order valence-electron chi connectivity index (χ4n) is 3.80. The third-order valence-electron chi connectivity index (χ3n) is 4.75. The van der Waals surface area contributed by atoms with Crippen LogP contribution in [0.3, 0.4) is 0 Å². The molecule has 1 aliphatic rings. The molecule has 0 amide bonds. The van der Waals surface area contributed by atoms with E-state index in [1.807, 2.05) is 3.28 Å². The van der Waals surface area contributed by atoms with Gasteiger partial charge in [-0.15, -0.1) is 0 Å². The first kappa shape index (κ1) is 18.3. The molecule has 0 aliphatic heterocycles. The molecule has 0 radical (unpaired) electrons. The number of rotatable bonds is 5. The van der Waals surface area contributed by atoms with Gasteiger partial charge in [-0.05, 0) is 0 Å². The van der Waals surface area contributed by atoms with E-state index in [4.69, 9.17) is 0 Å². The molecule has 0 saturated heterocycles. The van der Waals surface area contributed by atoms with E-state index in [1.54, 1.807) is 0 Å². The van der Waals surface area contributed by atoms with E-state index < -0.39 is 29.0 Å². The van der Waals surface area contributed by atoms with Crippen LogP contribution >= 0.6 is 0 Å². The maximum atomic E-state index is 4.19. The zero-order chi connectivity index (χ0) is 15.8. The summed E-state index contributed by atoms with van der Waals surface area (Å²) in [5.74, 6) is 0. The van der Waals surface area contributed by atoms with Crippen molar-refractivity contribution < 1.29 is 18.6 Å². The van der Waals surface area contributed by atoms with Crippen molar-refractivity contribution in [2.24, 2.45) is 0 Å². The summed E-state index contributed by atoms with van der Waals surface area (Å²) in [5.41, 5.74) is 2.73. The van der Waals surface area contributed by atoms with Gasteiger partial charge in [0.1, 0.15) is 0 Å². The van der Waals surface area contributed by atoms with Crippen LogP contribution < -0.4 is 0 Å². The quantitative estimate of drug-likeness (QED) is 0.395. The summed E-state index contributed by atoms with van der Waals surface area (Å²) in [6.07, 6.45) is 8.37. The average Bonchev–Trinajstić information content (AvgIpc) is 2.74. The van der Waals surface area contributed by atoms with Gasteiger partial charge >= 0.3 is 132 Å². The molecule has 1 rings (SSSR count). The Morgan fingerprint density at radius 3 is 1.90 bits per heavy atom. The van der Waals surface area contributed by atoms with Gasteiger partial charge in [0.25, 0.3) is 0 Å². The summed E-state index contributed by atoms with van der Waals surface area (Å²) in [5, 5.41) is -2.40. The van der Waals surface area contributed by atoms with Crippen LogP contribution in [0.25, 0.3) is 0 Å². The summed E-state index contributed by atoms with van der Waals surface area (Å²) in [6.45, 7) is 24.4. The molecule has 112 valence electrons. The molecule has 0 unspecified atom stereocenters. The van der Waals surface area contributed by atoms with Crippen LogP contribution in [0, 0.1) is 0 Å². The van der Waals surface area contributed by atoms with Gasteiger partial charge in [0.2, 0.25) is 0 Å². The first-order valence-corrected chi connectivity index (χ1v) is 24.7. The van der Waals surface area contributed by atoms with Gasteiger partial charge in [-0.3, -0.25) is 0 Å². The van der Waals surface area contributed by atoms with Crippen molar-refractivity contribution >= 4 is 10.4 Å². The van der Waals surface area contributed by atoms with Crippen LogP contribution in [0.4, 0.5) is 0 Å². The summed E-state index contributed by atoms with van der Waals surface area (Å²) < 4.78 is 4.67. The molecular weight excluding hydrogens is 352 g/mol. The van der Waals surface area contributed by atoms with Crippen molar-refractivity contribution in [1.29, 1.82) is 0 Å². The van der Waals surface area contributed by atoms with Crippen LogP contribution in [0.2, 0.25) is 39.3 Å². The van der Waals surface area contributed by atoms with E-state index in [9.17, 15) is 0 Å². The van der Waals surface area contributed by atoms with Crippen molar-refractivity contribution in [2.45, 2.75) is 59.6 Å². The molecule has 3 heteroatoms. The molecule has 0 aromatic carbocycles. The molecule has 0 aromatic rings. The first-order chi connectivity index (χ1) is 8.93. The maximum absolute atomic E-state index is 4.19. The Morgan fingerprint density at radius 2 is 1.60 bits per heavy atom. The number of hydrogen-bond donors (Lipinski definition) is 0. The molecule has 0 fully saturated rings. The second-order valence-electron chi connectivity index (χ2n) is 8.24. The average molecular weight is 384 g/mol. The molecule has 20 heavy (non-hydrogen) atoms. The Morgan fingerprint density at radius 1 is 1.10 bits per heavy atom. The van der Waals surface area contributed by atoms with Gasteiger partial charge < -0.3 is 0 Å². The van der Waals surface area contributed by atoms with Crippen LogP contribution in [-0.4, -0.2) is 10.4 Å². The monoisotopic (exact) mass is 382 g/mol. The molecule has 0 spiro atoms. The van der Waals surface area contributed by atoms with Gasteiger partial charge in [-0.25, -0.2) is 0 Å². The summed E-state index contributed by atoms with van der Waals surface area (Å²) in [6, 6.07) is 0. The SMILES string of the molecule is C=C(C)C(C)=[CH][Zr]([C]1=CC=CC1)([Si](C)(C)C)[Si](C)(C)C. The molecule has 0 N–H and O–H groups in total. The predicted octanol–water partition coefficient (Wildman–Crippen LogP) is 6.13. The third kappa shape index (κ3) is 3.36. The van der Waals surface area contributed by atoms with Crippen molar-refractivity contribution in [2.75, 3.05) is 0 Å². The topological polar surface area (TPSA) is 0 Å². The van der Waals surface area contributed by atoms with Gasteiger partial charge in [-0.1, -0.05) is 0 Å². The van der Waals surface area contributed by atoms with Crippen molar-refractivity contribution in [3.05, 3.63) is 43.0 Å². The van der Waals surface area contributed by atoms with E-state index in [1.165, 1.54) is 17.6 Å². The minimum atomic E-state index is -2.49. The zero-order valence-electron chi connectivity index (χ0n) is 14.7. The van der Waals surface area contributed by atoms with Gasteiger partial charge in [0, 0.05) is 0 Å². The molecule has 0 saturated carbocycles. The fraction of sp³-hybridized carbons (Fsp3) is 0.529. The van der Waals surface area contributed by atoms with E-state index in [0.717, 1.165) is 0 Å². The number of hydrogen-bond acceptors (Lipinski definition) is 0. The standard InChI is InChI=1S/C6H9.C5H5.2C3H9Si.Zr/c1-5(2)6(3)4;1-2-4-5-3-1;2*1-4(2)3;/h1H,3H2,2,4H3;1-3H,4H2;2*1-3H3;. The van der Waals surface area contributed by atoms with Crippen LogP contribution in [0.5, 0.6) is 0 Å². The molecule has 1 aliphatic carbocycles. The Balaban J connectivity index is 3.61. The summed E-state index contributed by atoms with van der Waals surface area (Å²) in [4.78, 5) is 0. The molecule has 0 atom stereocenters. The minimum absolute atomic E-state index is 1.20. The van der Waals surface area contributed by atoms with E-state index in [0.29, 0.717) is 0 Å². The van der Waals surface area contributed by atoms with Gasteiger partial charge in [0.05, 0.1) is 0 Å². The normalized spacial score (nSPS) is 17.4. The molecule has 0 heterocycles. The van der Waals surface area contributed by atoms with Gasteiger partial charge in [-0.2, -0.15) is 0 Å². The first-order valence-electron chi connectivity index (χ1n) is 7.65. The Labute approximate surface area is 131 Å². The second-order valence-corrected chi connectivity index (χ2v) is 57.9. The number of allylic oxidation sites excluding steroid dienone is 6. The Hall–Kier alpha value is 0.277. The van der Waals surface area contributed by atoms with Crippen molar-refractivity contribution in [3.63, 3.8) is 0 Å². The van der Waals surface area contributed by atoms with Crippen molar-refractivity contribution in [3.8, 4) is 0 Å².